The van der Waals surface area contributed by atoms with Crippen molar-refractivity contribution in [3.8, 4) is 0 Å². The molecule has 1 aliphatic rings. The van der Waals surface area contributed by atoms with Crippen LogP contribution < -0.4 is 9.62 Å². The van der Waals surface area contributed by atoms with Crippen molar-refractivity contribution in [2.75, 3.05) is 56.9 Å². The van der Waals surface area contributed by atoms with Gasteiger partial charge < -0.3 is 9.80 Å². The molecule has 8 nitrogen and oxygen atoms in total. The maximum Gasteiger partial charge on any atom is 0.416 e. The summed E-state index contributed by atoms with van der Waals surface area (Å²) in [6.45, 7) is 2.68. The molecule has 1 N–H and O–H groups in total. The van der Waals surface area contributed by atoms with Crippen molar-refractivity contribution in [1.82, 2.24) is 19.8 Å². The fourth-order valence-corrected chi connectivity index (χ4v) is 6.42. The summed E-state index contributed by atoms with van der Waals surface area (Å²) in [4.78, 5) is 13.4. The Morgan fingerprint density at radius 1 is 1.07 bits per heavy atom. The molecule has 1 atom stereocenters. The molecule has 4 rings (SSSR count). The van der Waals surface area contributed by atoms with Crippen LogP contribution in [0.5, 0.6) is 0 Å². The maximum absolute atomic E-state index is 15.3. The zero-order valence-corrected chi connectivity index (χ0v) is 24.7. The van der Waals surface area contributed by atoms with E-state index in [1.165, 1.54) is 42.9 Å². The van der Waals surface area contributed by atoms with Crippen molar-refractivity contribution in [1.29, 1.82) is 0 Å². The van der Waals surface area contributed by atoms with E-state index in [0.29, 0.717) is 37.2 Å². The third-order valence-electron chi connectivity index (χ3n) is 7.77. The van der Waals surface area contributed by atoms with E-state index in [4.69, 9.17) is 0 Å². The van der Waals surface area contributed by atoms with Gasteiger partial charge in [0, 0.05) is 43.6 Å². The summed E-state index contributed by atoms with van der Waals surface area (Å²) in [5.74, 6) is -0.869. The van der Waals surface area contributed by atoms with Gasteiger partial charge in [-0.15, -0.1) is 0 Å². The van der Waals surface area contributed by atoms with Gasteiger partial charge in [0.15, 0.2) is 0 Å². The molecule has 13 heteroatoms. The number of alkyl halides is 3. The number of likely N-dealkylation sites (N-methyl/N-ethyl adjacent to an activating group) is 2. The Bertz CT molecular complexity index is 1460. The van der Waals surface area contributed by atoms with Gasteiger partial charge in [-0.05, 0) is 82.7 Å². The second-order valence-electron chi connectivity index (χ2n) is 11.0. The van der Waals surface area contributed by atoms with E-state index in [1.54, 1.807) is 12.1 Å². The highest BCUT2D eigenvalue weighted by Gasteiger charge is 2.39. The van der Waals surface area contributed by atoms with Gasteiger partial charge in [0.05, 0.1) is 5.56 Å². The lowest BCUT2D eigenvalue weighted by Crippen LogP contribution is -2.59. The number of nitrogens with one attached hydrogen (secondary N) is 1. The molecule has 2 heterocycles. The second-order valence-corrected chi connectivity index (χ2v) is 12.6. The molecule has 2 aromatic carbocycles. The van der Waals surface area contributed by atoms with E-state index >= 15 is 4.39 Å². The minimum Gasteiger partial charge on any atom is -0.370 e. The Hall–Kier alpha value is -3.29. The molecule has 0 aliphatic carbocycles. The van der Waals surface area contributed by atoms with Gasteiger partial charge in [0.1, 0.15) is 22.9 Å². The molecule has 1 aromatic heterocycles. The van der Waals surface area contributed by atoms with E-state index in [0.717, 1.165) is 32.0 Å². The first-order valence-electron chi connectivity index (χ1n) is 13.6. The van der Waals surface area contributed by atoms with E-state index in [2.05, 4.69) is 24.5 Å². The van der Waals surface area contributed by atoms with Crippen LogP contribution >= 0.6 is 0 Å². The van der Waals surface area contributed by atoms with Gasteiger partial charge in [0.25, 0.3) is 10.0 Å². The molecule has 0 radical (unpaired) electrons. The average molecular weight is 609 g/mol. The average Bonchev–Trinajstić information content (AvgIpc) is 2.94. The highest BCUT2D eigenvalue weighted by Crippen LogP contribution is 2.36. The largest absolute Gasteiger partial charge is 0.416 e. The molecule has 1 saturated heterocycles. The molecular formula is C29H36F4N6O2S. The fourth-order valence-electron chi connectivity index (χ4n) is 5.35. The Morgan fingerprint density at radius 3 is 2.52 bits per heavy atom. The summed E-state index contributed by atoms with van der Waals surface area (Å²) >= 11 is 0. The lowest BCUT2D eigenvalue weighted by Gasteiger charge is -2.49. The molecule has 42 heavy (non-hydrogen) atoms. The molecule has 228 valence electrons. The number of sulfonamides is 1. The van der Waals surface area contributed by atoms with E-state index < -0.39 is 38.0 Å². The Balaban J connectivity index is 1.57. The summed E-state index contributed by atoms with van der Waals surface area (Å²) in [6, 6.07) is 10.8. The molecule has 0 amide bonds. The van der Waals surface area contributed by atoms with Crippen LogP contribution in [0.4, 0.5) is 29.1 Å². The van der Waals surface area contributed by atoms with Crippen molar-refractivity contribution in [2.45, 2.75) is 42.3 Å². The molecule has 3 aromatic rings. The SMILES string of the molecule is CN(C)CCN(C)[C@]1(CCc2cccc(C(F)(F)F)c2)CCCN(c2ccc(S(=O)(=O)Nc3ccncn3)c(F)c2)C1. The monoisotopic (exact) mass is 608 g/mol. The lowest BCUT2D eigenvalue weighted by atomic mass is 9.81. The smallest absolute Gasteiger partial charge is 0.370 e. The maximum atomic E-state index is 15.3. The van der Waals surface area contributed by atoms with Crippen molar-refractivity contribution in [2.24, 2.45) is 0 Å². The van der Waals surface area contributed by atoms with E-state index in [9.17, 15) is 21.6 Å². The quantitative estimate of drug-likeness (QED) is 0.310. The zero-order chi connectivity index (χ0) is 30.5. The molecular weight excluding hydrogens is 572 g/mol. The zero-order valence-electron chi connectivity index (χ0n) is 23.9. The normalized spacial score (nSPS) is 18.1. The van der Waals surface area contributed by atoms with Gasteiger partial charge in [-0.25, -0.2) is 22.8 Å². The molecule has 0 bridgehead atoms. The van der Waals surface area contributed by atoms with Gasteiger partial charge >= 0.3 is 6.18 Å². The summed E-state index contributed by atoms with van der Waals surface area (Å²) in [5.41, 5.74) is 0.0925. The van der Waals surface area contributed by atoms with Crippen molar-refractivity contribution in [3.05, 3.63) is 78.0 Å². The molecule has 0 saturated carbocycles. The van der Waals surface area contributed by atoms with Crippen molar-refractivity contribution < 1.29 is 26.0 Å². The van der Waals surface area contributed by atoms with Gasteiger partial charge in [-0.3, -0.25) is 9.62 Å². The van der Waals surface area contributed by atoms with E-state index in [-0.39, 0.29) is 5.82 Å². The van der Waals surface area contributed by atoms with Gasteiger partial charge in [0.2, 0.25) is 0 Å². The highest BCUT2D eigenvalue weighted by atomic mass is 32.2. The minimum absolute atomic E-state index is 0.0239. The van der Waals surface area contributed by atoms with Crippen LogP contribution in [0, 0.1) is 5.82 Å². The van der Waals surface area contributed by atoms with Crippen LogP contribution in [0.2, 0.25) is 0 Å². The summed E-state index contributed by atoms with van der Waals surface area (Å²) < 4.78 is 83.2. The fraction of sp³-hybridized carbons (Fsp3) is 0.448. The van der Waals surface area contributed by atoms with Gasteiger partial charge in [-0.1, -0.05) is 18.2 Å². The molecule has 1 fully saturated rings. The number of nitrogens with zero attached hydrogens (tertiary/aromatic N) is 5. The third-order valence-corrected chi connectivity index (χ3v) is 9.16. The molecule has 0 spiro atoms. The van der Waals surface area contributed by atoms with Crippen LogP contribution in [0.15, 0.2) is 66.0 Å². The van der Waals surface area contributed by atoms with Crippen molar-refractivity contribution in [3.63, 3.8) is 0 Å². The van der Waals surface area contributed by atoms with Crippen LogP contribution in [-0.2, 0) is 22.6 Å². The first kappa shape index (κ1) is 31.6. The Labute approximate surface area is 244 Å². The predicted octanol–water partition coefficient (Wildman–Crippen LogP) is 4.90. The second kappa shape index (κ2) is 12.9. The Morgan fingerprint density at radius 2 is 1.86 bits per heavy atom. The summed E-state index contributed by atoms with van der Waals surface area (Å²) in [7, 11) is 1.76. The van der Waals surface area contributed by atoms with Crippen LogP contribution in [0.25, 0.3) is 0 Å². The topological polar surface area (TPSA) is 81.7 Å². The van der Waals surface area contributed by atoms with Crippen LogP contribution in [0.1, 0.15) is 30.4 Å². The first-order chi connectivity index (χ1) is 19.8. The molecule has 1 aliphatic heterocycles. The number of anilines is 2. The highest BCUT2D eigenvalue weighted by molar-refractivity contribution is 7.92. The van der Waals surface area contributed by atoms with Crippen LogP contribution in [-0.4, -0.2) is 81.0 Å². The number of aryl methyl sites for hydroxylation is 1. The molecule has 0 unspecified atom stereocenters. The van der Waals surface area contributed by atoms with Gasteiger partial charge in [-0.2, -0.15) is 13.2 Å². The first-order valence-corrected chi connectivity index (χ1v) is 15.1. The number of halogens is 4. The summed E-state index contributed by atoms with van der Waals surface area (Å²) in [5, 5.41) is 0. The number of piperidine rings is 1. The number of hydrogen-bond donors (Lipinski definition) is 1. The van der Waals surface area contributed by atoms with Crippen molar-refractivity contribution >= 4 is 21.5 Å². The number of benzene rings is 2. The standard InChI is InChI=1S/C29H36F4N6O2S/c1-37(2)16-17-38(3)28(13-10-22-6-4-7-23(18-22)29(31,32)33)12-5-15-39(20-28)24-8-9-26(25(30)19-24)42(40,41)36-27-11-14-34-21-35-27/h4,6-9,11,14,18-19,21H,5,10,12-13,15-17,20H2,1-3H3,(H,34,35,36)/t28-/m0/s1. The van der Waals surface area contributed by atoms with Crippen LogP contribution in [0.3, 0.4) is 0 Å². The van der Waals surface area contributed by atoms with E-state index in [1.807, 2.05) is 26.0 Å². The predicted molar refractivity (Wildman–Crippen MR) is 154 cm³/mol. The number of aromatic nitrogens is 2. The number of rotatable bonds is 11. The minimum atomic E-state index is -4.41. The third kappa shape index (κ3) is 7.75. The number of hydrogen-bond acceptors (Lipinski definition) is 7. The summed E-state index contributed by atoms with van der Waals surface area (Å²) in [6.07, 6.45) is 0.802. The Kier molecular flexibility index (Phi) is 9.74. The lowest BCUT2D eigenvalue weighted by molar-refractivity contribution is -0.137.